The number of nitrogens with zero attached hydrogens (tertiary/aromatic N) is 1. The molecule has 0 aliphatic carbocycles. The van der Waals surface area contributed by atoms with Crippen molar-refractivity contribution in [1.29, 1.82) is 0 Å². The summed E-state index contributed by atoms with van der Waals surface area (Å²) in [4.78, 5) is 9.18. The standard InChI is InChI=1S/C16H14BrNO2.C3H6O2/c1-20-13-5-2-11(3-6-13)9-18-10-15(17)14-7-4-12(19)8-16(14)18;1-2-5-3-4/h2-8,10,19H,9H2,1H3;3H,2H2,1H3. The molecule has 1 aromatic heterocycles. The first kappa shape index (κ1) is 18.9. The Morgan fingerprint density at radius 1 is 1.20 bits per heavy atom. The van der Waals surface area contributed by atoms with Crippen LogP contribution in [0.15, 0.2) is 53.1 Å². The van der Waals surface area contributed by atoms with Crippen LogP contribution in [0.5, 0.6) is 11.5 Å². The van der Waals surface area contributed by atoms with E-state index in [1.54, 1.807) is 26.2 Å². The molecular formula is C19H20BrNO4. The van der Waals surface area contributed by atoms with Crippen LogP contribution in [0, 0.1) is 0 Å². The lowest BCUT2D eigenvalue weighted by Crippen LogP contribution is -1.97. The molecule has 0 spiro atoms. The summed E-state index contributed by atoms with van der Waals surface area (Å²) in [5.74, 6) is 1.13. The SMILES string of the molecule is CCOC=O.COc1ccc(Cn2cc(Br)c3ccc(O)cc32)cc1. The average Bonchev–Trinajstić information content (AvgIpc) is 2.92. The minimum atomic E-state index is 0.277. The van der Waals surface area contributed by atoms with Crippen LogP contribution in [-0.4, -0.2) is 29.9 Å². The first-order valence-electron chi connectivity index (χ1n) is 7.74. The highest BCUT2D eigenvalue weighted by Gasteiger charge is 2.08. The molecule has 5 nitrogen and oxygen atoms in total. The minimum absolute atomic E-state index is 0.277. The first-order chi connectivity index (χ1) is 12.1. The molecule has 0 saturated carbocycles. The number of methoxy groups -OCH3 is 1. The van der Waals surface area contributed by atoms with Gasteiger partial charge in [-0.15, -0.1) is 0 Å². The Kier molecular flexibility index (Phi) is 6.89. The lowest BCUT2D eigenvalue weighted by Gasteiger charge is -2.07. The number of aromatic nitrogens is 1. The molecule has 6 heteroatoms. The molecule has 132 valence electrons. The highest BCUT2D eigenvalue weighted by atomic mass is 79.9. The van der Waals surface area contributed by atoms with Gasteiger partial charge in [-0.3, -0.25) is 4.79 Å². The van der Waals surface area contributed by atoms with Crippen LogP contribution < -0.4 is 4.74 Å². The highest BCUT2D eigenvalue weighted by molar-refractivity contribution is 9.10. The topological polar surface area (TPSA) is 60.7 Å². The summed E-state index contributed by atoms with van der Waals surface area (Å²) in [6.45, 7) is 3.41. The van der Waals surface area contributed by atoms with Gasteiger partial charge in [0.05, 0.1) is 19.2 Å². The number of ether oxygens (including phenoxy) is 2. The zero-order chi connectivity index (χ0) is 18.2. The van der Waals surface area contributed by atoms with Crippen molar-refractivity contribution >= 4 is 33.3 Å². The van der Waals surface area contributed by atoms with Crippen molar-refractivity contribution in [2.45, 2.75) is 13.5 Å². The summed E-state index contributed by atoms with van der Waals surface area (Å²) in [5, 5.41) is 10.7. The monoisotopic (exact) mass is 405 g/mol. The number of rotatable bonds is 5. The maximum atomic E-state index is 9.65. The fraction of sp³-hybridized carbons (Fsp3) is 0.211. The highest BCUT2D eigenvalue weighted by Crippen LogP contribution is 2.29. The molecule has 3 aromatic rings. The first-order valence-corrected chi connectivity index (χ1v) is 8.53. The van der Waals surface area contributed by atoms with E-state index in [1.165, 1.54) is 5.56 Å². The van der Waals surface area contributed by atoms with Gasteiger partial charge in [0, 0.05) is 28.7 Å². The second-order valence-corrected chi connectivity index (χ2v) is 6.06. The van der Waals surface area contributed by atoms with E-state index in [4.69, 9.17) is 4.74 Å². The molecule has 0 saturated heterocycles. The molecular weight excluding hydrogens is 386 g/mol. The summed E-state index contributed by atoms with van der Waals surface area (Å²) in [6.07, 6.45) is 2.04. The van der Waals surface area contributed by atoms with Crippen molar-refractivity contribution < 1.29 is 19.4 Å². The van der Waals surface area contributed by atoms with Gasteiger partial charge in [-0.05, 0) is 52.7 Å². The number of phenolic OH excluding ortho intramolecular Hbond substituents is 1. The molecule has 0 radical (unpaired) electrons. The Labute approximate surface area is 154 Å². The summed E-state index contributed by atoms with van der Waals surface area (Å²) in [5.41, 5.74) is 2.19. The van der Waals surface area contributed by atoms with E-state index in [-0.39, 0.29) is 5.75 Å². The van der Waals surface area contributed by atoms with Gasteiger partial charge in [-0.2, -0.15) is 0 Å². The lowest BCUT2D eigenvalue weighted by molar-refractivity contribution is -0.128. The van der Waals surface area contributed by atoms with Gasteiger partial charge in [0.2, 0.25) is 0 Å². The largest absolute Gasteiger partial charge is 0.508 e. The fourth-order valence-corrected chi connectivity index (χ4v) is 2.94. The zero-order valence-electron chi connectivity index (χ0n) is 14.1. The summed E-state index contributed by atoms with van der Waals surface area (Å²) < 4.78 is 12.5. The molecule has 25 heavy (non-hydrogen) atoms. The van der Waals surface area contributed by atoms with Gasteiger partial charge < -0.3 is 19.1 Å². The number of hydrogen-bond donors (Lipinski definition) is 1. The fourth-order valence-electron chi connectivity index (χ4n) is 2.36. The predicted molar refractivity (Wildman–Crippen MR) is 101 cm³/mol. The van der Waals surface area contributed by atoms with Crippen molar-refractivity contribution in [3.8, 4) is 11.5 Å². The molecule has 0 aliphatic rings. The zero-order valence-corrected chi connectivity index (χ0v) is 15.7. The number of phenols is 1. The summed E-state index contributed by atoms with van der Waals surface area (Å²) >= 11 is 3.56. The molecule has 0 atom stereocenters. The number of benzene rings is 2. The van der Waals surface area contributed by atoms with Crippen molar-refractivity contribution in [3.63, 3.8) is 0 Å². The van der Waals surface area contributed by atoms with Crippen molar-refractivity contribution in [2.75, 3.05) is 13.7 Å². The molecule has 0 aliphatic heterocycles. The third-order valence-electron chi connectivity index (χ3n) is 3.56. The number of carbonyl (C=O) groups is 1. The van der Waals surface area contributed by atoms with Crippen LogP contribution in [-0.2, 0) is 16.1 Å². The van der Waals surface area contributed by atoms with Crippen LogP contribution in [0.2, 0.25) is 0 Å². The van der Waals surface area contributed by atoms with Crippen molar-refractivity contribution in [1.82, 2.24) is 4.57 Å². The third-order valence-corrected chi connectivity index (χ3v) is 4.20. The number of hydrogen-bond acceptors (Lipinski definition) is 4. The van der Waals surface area contributed by atoms with E-state index in [0.717, 1.165) is 27.7 Å². The quantitative estimate of drug-likeness (QED) is 0.641. The van der Waals surface area contributed by atoms with Crippen LogP contribution in [0.25, 0.3) is 10.9 Å². The van der Waals surface area contributed by atoms with Gasteiger partial charge in [0.1, 0.15) is 11.5 Å². The molecule has 2 aromatic carbocycles. The Balaban J connectivity index is 0.000000399. The molecule has 1 N–H and O–H groups in total. The smallest absolute Gasteiger partial charge is 0.293 e. The van der Waals surface area contributed by atoms with Gasteiger partial charge in [-0.25, -0.2) is 0 Å². The average molecular weight is 406 g/mol. The third kappa shape index (κ3) is 5.00. The molecule has 0 amide bonds. The Hall–Kier alpha value is -2.47. The van der Waals surface area contributed by atoms with Gasteiger partial charge in [0.15, 0.2) is 0 Å². The Bertz CT molecular complexity index is 827. The van der Waals surface area contributed by atoms with Crippen molar-refractivity contribution in [2.24, 2.45) is 0 Å². The number of carbonyl (C=O) groups excluding carboxylic acids is 1. The summed E-state index contributed by atoms with van der Waals surface area (Å²) in [6, 6.07) is 13.4. The Morgan fingerprint density at radius 2 is 1.92 bits per heavy atom. The maximum Gasteiger partial charge on any atom is 0.293 e. The van der Waals surface area contributed by atoms with E-state index in [0.29, 0.717) is 13.1 Å². The van der Waals surface area contributed by atoms with Gasteiger partial charge in [-0.1, -0.05) is 12.1 Å². The van der Waals surface area contributed by atoms with Crippen LogP contribution in [0.1, 0.15) is 12.5 Å². The van der Waals surface area contributed by atoms with Crippen LogP contribution >= 0.6 is 15.9 Å². The van der Waals surface area contributed by atoms with Crippen molar-refractivity contribution in [3.05, 3.63) is 58.7 Å². The van der Waals surface area contributed by atoms with Crippen LogP contribution in [0.4, 0.5) is 0 Å². The van der Waals surface area contributed by atoms with E-state index in [2.05, 4.69) is 25.2 Å². The van der Waals surface area contributed by atoms with E-state index in [9.17, 15) is 9.90 Å². The number of aromatic hydroxyl groups is 1. The molecule has 1 heterocycles. The second kappa shape index (κ2) is 9.13. The van der Waals surface area contributed by atoms with Gasteiger partial charge in [0.25, 0.3) is 6.47 Å². The lowest BCUT2D eigenvalue weighted by atomic mass is 10.2. The molecule has 0 fully saturated rings. The normalized spacial score (nSPS) is 10.0. The Morgan fingerprint density at radius 3 is 2.48 bits per heavy atom. The molecule has 3 rings (SSSR count). The van der Waals surface area contributed by atoms with E-state index >= 15 is 0 Å². The maximum absolute atomic E-state index is 9.65. The number of fused-ring (bicyclic) bond motifs is 1. The minimum Gasteiger partial charge on any atom is -0.508 e. The summed E-state index contributed by atoms with van der Waals surface area (Å²) in [7, 11) is 1.66. The molecule has 0 bridgehead atoms. The van der Waals surface area contributed by atoms with Crippen LogP contribution in [0.3, 0.4) is 0 Å². The van der Waals surface area contributed by atoms with E-state index in [1.807, 2.05) is 36.5 Å². The van der Waals surface area contributed by atoms with Gasteiger partial charge >= 0.3 is 0 Å². The predicted octanol–water partition coefficient (Wildman–Crippen LogP) is 4.35. The van der Waals surface area contributed by atoms with E-state index < -0.39 is 0 Å². The molecule has 0 unspecified atom stereocenters. The number of halogens is 1. The second-order valence-electron chi connectivity index (χ2n) is 5.21.